The van der Waals surface area contributed by atoms with Crippen molar-refractivity contribution in [2.24, 2.45) is 5.92 Å². The van der Waals surface area contributed by atoms with Gasteiger partial charge in [0.1, 0.15) is 15.3 Å². The average molecular weight is 661 g/mol. The van der Waals surface area contributed by atoms with Gasteiger partial charge in [0.15, 0.2) is 17.3 Å². The largest absolute Gasteiger partial charge is 0.494 e. The van der Waals surface area contributed by atoms with Crippen molar-refractivity contribution < 1.29 is 18.9 Å². The predicted molar refractivity (Wildman–Crippen MR) is 197 cm³/mol. The monoisotopic (exact) mass is 660 g/mol. The second-order valence-electron chi connectivity index (χ2n) is 13.6. The van der Waals surface area contributed by atoms with E-state index >= 15 is 0 Å². The minimum absolute atomic E-state index is 0.0842. The molecule has 1 aliphatic rings. The van der Waals surface area contributed by atoms with E-state index in [2.05, 4.69) is 49.8 Å². The Kier molecular flexibility index (Phi) is 16.6. The zero-order valence-corrected chi connectivity index (χ0v) is 31.1. The molecule has 0 aliphatic carbocycles. The van der Waals surface area contributed by atoms with Crippen LogP contribution in [0.15, 0.2) is 54.9 Å². The van der Waals surface area contributed by atoms with Crippen LogP contribution in [0.4, 0.5) is 0 Å². The fraction of sp³-hybridized carbons (Fsp3) is 0.600. The van der Waals surface area contributed by atoms with E-state index in [4.69, 9.17) is 18.9 Å². The van der Waals surface area contributed by atoms with Crippen LogP contribution in [0.1, 0.15) is 118 Å². The minimum Gasteiger partial charge on any atom is -0.494 e. The first-order chi connectivity index (χ1) is 23.1. The molecule has 2 heterocycles. The van der Waals surface area contributed by atoms with Gasteiger partial charge in [-0.25, -0.2) is 9.97 Å². The number of unbranched alkanes of at least 4 members (excludes halogenated alkanes) is 7. The van der Waals surface area contributed by atoms with E-state index in [1.165, 1.54) is 70.6 Å². The van der Waals surface area contributed by atoms with Crippen LogP contribution in [0.2, 0.25) is 5.54 Å². The normalized spacial score (nSPS) is 15.4. The Labute approximate surface area is 287 Å². The molecular weight excluding hydrogens is 601 g/mol. The molecule has 0 amide bonds. The molecule has 1 aromatic heterocycles. The summed E-state index contributed by atoms with van der Waals surface area (Å²) in [5.41, 5.74) is 3.68. The van der Waals surface area contributed by atoms with Crippen LogP contribution in [0.25, 0.3) is 22.5 Å². The Bertz CT molecular complexity index is 1270. The molecule has 3 atom stereocenters. The number of fused-ring (bicyclic) bond motifs is 1. The molecule has 6 nitrogen and oxygen atoms in total. The molecule has 0 spiro atoms. The molecule has 0 bridgehead atoms. The van der Waals surface area contributed by atoms with Gasteiger partial charge >= 0.3 is 0 Å². The zero-order valence-electron chi connectivity index (χ0n) is 29.7. The maximum atomic E-state index is 6.28. The molecular formula is C40H60N2O4Si. The van der Waals surface area contributed by atoms with Crippen LogP contribution in [-0.4, -0.2) is 45.2 Å². The Morgan fingerprint density at radius 1 is 0.660 bits per heavy atom. The highest BCUT2D eigenvalue weighted by atomic mass is 28.2. The van der Waals surface area contributed by atoms with Crippen molar-refractivity contribution >= 4 is 9.52 Å². The summed E-state index contributed by atoms with van der Waals surface area (Å²) in [7, 11) is -0.531. The average Bonchev–Trinajstić information content (AvgIpc) is 3.49. The number of rotatable bonds is 24. The Morgan fingerprint density at radius 2 is 1.30 bits per heavy atom. The standard InChI is InChI=1S/C40H60N2O4Si/c1-5-7-11-16-31(3)17-12-9-10-13-18-32(4)47-40-45-37-24-21-34(28-38(37)46-40)39-41-29-35(30-42-39)33-19-22-36(23-20-33)44-27-15-14-26-43-25-8-6-2/h19-24,28-32,40H,5-18,25-27,47H2,1-4H3. The molecule has 0 fully saturated rings. The molecule has 2 aromatic carbocycles. The lowest BCUT2D eigenvalue weighted by Crippen LogP contribution is -2.28. The summed E-state index contributed by atoms with van der Waals surface area (Å²) in [4.78, 5) is 9.35. The molecule has 4 rings (SSSR count). The van der Waals surface area contributed by atoms with E-state index in [0.29, 0.717) is 18.0 Å². The van der Waals surface area contributed by atoms with Crippen molar-refractivity contribution in [3.63, 3.8) is 0 Å². The lowest BCUT2D eigenvalue weighted by Gasteiger charge is -2.15. The van der Waals surface area contributed by atoms with E-state index in [9.17, 15) is 0 Å². The van der Waals surface area contributed by atoms with Crippen molar-refractivity contribution in [3.05, 3.63) is 54.9 Å². The van der Waals surface area contributed by atoms with Crippen LogP contribution in [0, 0.1) is 5.92 Å². The van der Waals surface area contributed by atoms with Gasteiger partial charge in [-0.1, -0.05) is 110 Å². The van der Waals surface area contributed by atoms with Gasteiger partial charge < -0.3 is 18.9 Å². The Hall–Kier alpha value is -2.90. The van der Waals surface area contributed by atoms with Gasteiger partial charge in [0, 0.05) is 36.7 Å². The number of benzene rings is 2. The highest BCUT2D eigenvalue weighted by Crippen LogP contribution is 2.38. The summed E-state index contributed by atoms with van der Waals surface area (Å²) in [6, 6.07) is 14.2. The molecule has 47 heavy (non-hydrogen) atoms. The molecule has 3 aromatic rings. The van der Waals surface area contributed by atoms with Gasteiger partial charge in [0.25, 0.3) is 0 Å². The third-order valence-electron chi connectivity index (χ3n) is 9.19. The van der Waals surface area contributed by atoms with Crippen LogP contribution in [0.3, 0.4) is 0 Å². The third-order valence-corrected chi connectivity index (χ3v) is 11.1. The highest BCUT2D eigenvalue weighted by molar-refractivity contribution is 6.38. The highest BCUT2D eigenvalue weighted by Gasteiger charge is 2.26. The fourth-order valence-electron chi connectivity index (χ4n) is 6.13. The van der Waals surface area contributed by atoms with Crippen molar-refractivity contribution in [1.29, 1.82) is 0 Å². The van der Waals surface area contributed by atoms with E-state index in [1.807, 2.05) is 42.7 Å². The summed E-state index contributed by atoms with van der Waals surface area (Å²) in [6.07, 6.45) is 21.7. The summed E-state index contributed by atoms with van der Waals surface area (Å²) in [5, 5.41) is 0. The summed E-state index contributed by atoms with van der Waals surface area (Å²) in [6.45, 7) is 11.7. The molecule has 0 saturated carbocycles. The molecule has 0 saturated heterocycles. The van der Waals surface area contributed by atoms with Gasteiger partial charge in [-0.15, -0.1) is 0 Å². The van der Waals surface area contributed by atoms with Gasteiger partial charge in [0.05, 0.1) is 6.61 Å². The van der Waals surface area contributed by atoms with E-state index in [1.54, 1.807) is 0 Å². The first-order valence-electron chi connectivity index (χ1n) is 18.7. The van der Waals surface area contributed by atoms with Crippen LogP contribution in [0.5, 0.6) is 17.2 Å². The molecule has 258 valence electrons. The Balaban J connectivity index is 1.14. The molecule has 0 N–H and O–H groups in total. The quantitative estimate of drug-likeness (QED) is 0.0704. The molecule has 3 unspecified atom stereocenters. The number of ether oxygens (including phenoxy) is 4. The van der Waals surface area contributed by atoms with Gasteiger partial charge in [0.2, 0.25) is 5.91 Å². The maximum Gasteiger partial charge on any atom is 0.213 e. The minimum atomic E-state index is -0.531. The third kappa shape index (κ3) is 13.3. The number of aromatic nitrogens is 2. The van der Waals surface area contributed by atoms with Crippen LogP contribution in [-0.2, 0) is 4.74 Å². The Morgan fingerprint density at radius 3 is 2.04 bits per heavy atom. The lowest BCUT2D eigenvalue weighted by atomic mass is 9.96. The van der Waals surface area contributed by atoms with Gasteiger partial charge in [-0.05, 0) is 66.6 Å². The predicted octanol–water partition coefficient (Wildman–Crippen LogP) is 10.4. The zero-order chi connectivity index (χ0) is 33.1. The number of hydrogen-bond acceptors (Lipinski definition) is 6. The SMILES string of the molecule is CCCCCC(C)CCCCCCC(C)[SiH2]C1Oc2ccc(-c3ncc(-c4ccc(OCCCCOCCCC)cc4)cn3)cc2O1. The van der Waals surface area contributed by atoms with Crippen LogP contribution >= 0.6 is 0 Å². The number of hydrogen-bond donors (Lipinski definition) is 0. The second-order valence-corrected chi connectivity index (χ2v) is 16.1. The first kappa shape index (κ1) is 36.9. The topological polar surface area (TPSA) is 62.7 Å². The van der Waals surface area contributed by atoms with Crippen molar-refractivity contribution in [2.45, 2.75) is 129 Å². The maximum absolute atomic E-state index is 6.28. The van der Waals surface area contributed by atoms with E-state index in [0.717, 1.165) is 72.3 Å². The lowest BCUT2D eigenvalue weighted by molar-refractivity contribution is 0.122. The molecule has 7 heteroatoms. The van der Waals surface area contributed by atoms with Gasteiger partial charge in [-0.3, -0.25) is 0 Å². The first-order valence-corrected chi connectivity index (χ1v) is 20.3. The van der Waals surface area contributed by atoms with Crippen molar-refractivity contribution in [3.8, 4) is 39.8 Å². The molecule has 0 radical (unpaired) electrons. The summed E-state index contributed by atoms with van der Waals surface area (Å²) in [5.74, 6) is 4.02. The second kappa shape index (κ2) is 21.1. The van der Waals surface area contributed by atoms with Gasteiger partial charge in [-0.2, -0.15) is 0 Å². The van der Waals surface area contributed by atoms with Crippen molar-refractivity contribution in [2.75, 3.05) is 19.8 Å². The fourth-order valence-corrected chi connectivity index (χ4v) is 7.86. The summed E-state index contributed by atoms with van der Waals surface area (Å²) < 4.78 is 24.0. The van der Waals surface area contributed by atoms with Crippen LogP contribution < -0.4 is 14.2 Å². The van der Waals surface area contributed by atoms with Crippen molar-refractivity contribution in [1.82, 2.24) is 9.97 Å². The van der Waals surface area contributed by atoms with E-state index in [-0.39, 0.29) is 5.91 Å². The smallest absolute Gasteiger partial charge is 0.213 e. The molecule has 1 aliphatic heterocycles. The number of nitrogens with zero attached hydrogens (tertiary/aromatic N) is 2. The summed E-state index contributed by atoms with van der Waals surface area (Å²) >= 11 is 0. The van der Waals surface area contributed by atoms with E-state index < -0.39 is 9.52 Å².